The molecule has 1 aromatic carbocycles. The van der Waals surface area contributed by atoms with Crippen molar-refractivity contribution in [2.24, 2.45) is 0 Å². The molecule has 0 radical (unpaired) electrons. The average molecular weight is 412 g/mol. The Balaban J connectivity index is 1.81. The van der Waals surface area contributed by atoms with Gasteiger partial charge in [0, 0.05) is 24.2 Å². The molecule has 1 saturated heterocycles. The smallest absolute Gasteiger partial charge is 0.246 e. The van der Waals surface area contributed by atoms with Gasteiger partial charge in [-0.1, -0.05) is 6.07 Å². The van der Waals surface area contributed by atoms with Crippen molar-refractivity contribution in [2.45, 2.75) is 18.2 Å². The van der Waals surface area contributed by atoms with Gasteiger partial charge in [0.1, 0.15) is 10.6 Å². The zero-order chi connectivity index (χ0) is 19.4. The number of aryl methyl sites for hydroxylation is 1. The standard InChI is InChI=1S/C17H21N3O5S2/c1-12-11-18-17(26-12)19-16(21)10-13-3-4-14(24-2)15(9-13)27(22,23)20-5-7-25-8-6-20/h3-4,9,11H,5-8,10H2,1-2H3,(H,18,19,21). The Morgan fingerprint density at radius 2 is 2.11 bits per heavy atom. The number of benzene rings is 1. The second-order valence-corrected chi connectivity index (χ2v) is 9.14. The Morgan fingerprint density at radius 1 is 1.37 bits per heavy atom. The number of ether oxygens (including phenoxy) is 2. The van der Waals surface area contributed by atoms with E-state index in [-0.39, 0.29) is 23.0 Å². The third-order valence-corrected chi connectivity index (χ3v) is 6.80. The summed E-state index contributed by atoms with van der Waals surface area (Å²) < 4.78 is 37.8. The summed E-state index contributed by atoms with van der Waals surface area (Å²) in [4.78, 5) is 17.4. The highest BCUT2D eigenvalue weighted by Crippen LogP contribution is 2.28. The fourth-order valence-electron chi connectivity index (χ4n) is 2.72. The highest BCUT2D eigenvalue weighted by molar-refractivity contribution is 7.89. The van der Waals surface area contributed by atoms with Crippen LogP contribution in [0.3, 0.4) is 0 Å². The summed E-state index contributed by atoms with van der Waals surface area (Å²) in [5.41, 5.74) is 0.577. The van der Waals surface area contributed by atoms with Crippen LogP contribution >= 0.6 is 11.3 Å². The molecular weight excluding hydrogens is 390 g/mol. The van der Waals surface area contributed by atoms with Gasteiger partial charge in [0.2, 0.25) is 15.9 Å². The Hall–Kier alpha value is -2.01. The minimum Gasteiger partial charge on any atom is -0.495 e. The van der Waals surface area contributed by atoms with Crippen molar-refractivity contribution < 1.29 is 22.7 Å². The lowest BCUT2D eigenvalue weighted by Gasteiger charge is -2.26. The minimum atomic E-state index is -3.73. The van der Waals surface area contributed by atoms with E-state index in [0.29, 0.717) is 37.0 Å². The summed E-state index contributed by atoms with van der Waals surface area (Å²) >= 11 is 1.38. The first kappa shape index (κ1) is 19.7. The summed E-state index contributed by atoms with van der Waals surface area (Å²) in [6.45, 7) is 3.20. The van der Waals surface area contributed by atoms with Crippen LogP contribution in [-0.2, 0) is 26.0 Å². The van der Waals surface area contributed by atoms with E-state index in [9.17, 15) is 13.2 Å². The molecule has 1 aromatic heterocycles. The van der Waals surface area contributed by atoms with E-state index in [4.69, 9.17) is 9.47 Å². The van der Waals surface area contributed by atoms with Gasteiger partial charge >= 0.3 is 0 Å². The number of nitrogens with zero attached hydrogens (tertiary/aromatic N) is 2. The van der Waals surface area contributed by atoms with Crippen molar-refractivity contribution in [3.63, 3.8) is 0 Å². The molecule has 0 bridgehead atoms. The molecule has 1 amide bonds. The van der Waals surface area contributed by atoms with Crippen LogP contribution in [0.4, 0.5) is 5.13 Å². The number of thiazole rings is 1. The van der Waals surface area contributed by atoms with E-state index in [2.05, 4.69) is 10.3 Å². The van der Waals surface area contributed by atoms with Crippen molar-refractivity contribution in [1.29, 1.82) is 0 Å². The van der Waals surface area contributed by atoms with Crippen molar-refractivity contribution in [3.8, 4) is 5.75 Å². The van der Waals surface area contributed by atoms with Crippen LogP contribution < -0.4 is 10.1 Å². The van der Waals surface area contributed by atoms with Crippen LogP contribution in [0.15, 0.2) is 29.3 Å². The molecule has 1 N–H and O–H groups in total. The second-order valence-electron chi connectivity index (χ2n) is 6.00. The molecule has 8 nitrogen and oxygen atoms in total. The monoisotopic (exact) mass is 411 g/mol. The zero-order valence-electron chi connectivity index (χ0n) is 15.1. The van der Waals surface area contributed by atoms with Gasteiger partial charge < -0.3 is 14.8 Å². The number of hydrogen-bond donors (Lipinski definition) is 1. The van der Waals surface area contributed by atoms with Crippen LogP contribution in [0.1, 0.15) is 10.4 Å². The summed E-state index contributed by atoms with van der Waals surface area (Å²) in [5, 5.41) is 3.24. The van der Waals surface area contributed by atoms with Crippen LogP contribution in [0.2, 0.25) is 0 Å². The van der Waals surface area contributed by atoms with E-state index in [1.54, 1.807) is 18.3 Å². The molecule has 10 heteroatoms. The highest BCUT2D eigenvalue weighted by atomic mass is 32.2. The highest BCUT2D eigenvalue weighted by Gasteiger charge is 2.29. The molecule has 3 rings (SSSR count). The summed E-state index contributed by atoms with van der Waals surface area (Å²) in [5.74, 6) is -0.00886. The molecule has 146 valence electrons. The third kappa shape index (κ3) is 4.64. The largest absolute Gasteiger partial charge is 0.495 e. The molecule has 1 aliphatic heterocycles. The lowest BCUT2D eigenvalue weighted by Crippen LogP contribution is -2.40. The Kier molecular flexibility index (Phi) is 6.10. The van der Waals surface area contributed by atoms with Crippen molar-refractivity contribution >= 4 is 32.4 Å². The number of aromatic nitrogens is 1. The van der Waals surface area contributed by atoms with E-state index in [1.807, 2.05) is 6.92 Å². The van der Waals surface area contributed by atoms with Gasteiger partial charge in [0.15, 0.2) is 5.13 Å². The third-order valence-electron chi connectivity index (χ3n) is 4.05. The number of morpholine rings is 1. The zero-order valence-corrected chi connectivity index (χ0v) is 16.7. The molecule has 0 saturated carbocycles. The van der Waals surface area contributed by atoms with Gasteiger partial charge in [-0.15, -0.1) is 11.3 Å². The first-order chi connectivity index (χ1) is 12.9. The Morgan fingerprint density at radius 3 is 2.74 bits per heavy atom. The number of hydrogen-bond acceptors (Lipinski definition) is 7. The predicted octanol–water partition coefficient (Wildman–Crippen LogP) is 1.66. The van der Waals surface area contributed by atoms with Crippen LogP contribution in [-0.4, -0.2) is 57.0 Å². The molecule has 27 heavy (non-hydrogen) atoms. The fourth-order valence-corrected chi connectivity index (χ4v) is 5.01. The number of nitrogens with one attached hydrogen (secondary N) is 1. The molecule has 2 heterocycles. The molecular formula is C17H21N3O5S2. The van der Waals surface area contributed by atoms with E-state index < -0.39 is 10.0 Å². The van der Waals surface area contributed by atoms with Crippen LogP contribution in [0, 0.1) is 6.92 Å². The maximum atomic E-state index is 13.0. The minimum absolute atomic E-state index is 0.0360. The van der Waals surface area contributed by atoms with Gasteiger partial charge in [-0.05, 0) is 24.6 Å². The van der Waals surface area contributed by atoms with Gasteiger partial charge in [-0.2, -0.15) is 4.31 Å². The van der Waals surface area contributed by atoms with Gasteiger partial charge in [0.05, 0.1) is 26.7 Å². The van der Waals surface area contributed by atoms with Crippen molar-refractivity contribution in [3.05, 3.63) is 34.8 Å². The summed E-state index contributed by atoms with van der Waals surface area (Å²) in [7, 11) is -2.31. The van der Waals surface area contributed by atoms with Crippen LogP contribution in [0.25, 0.3) is 0 Å². The van der Waals surface area contributed by atoms with Crippen molar-refractivity contribution in [1.82, 2.24) is 9.29 Å². The maximum absolute atomic E-state index is 13.0. The molecule has 0 unspecified atom stereocenters. The number of methoxy groups -OCH3 is 1. The normalized spacial score (nSPS) is 15.5. The quantitative estimate of drug-likeness (QED) is 0.776. The Labute approximate surface area is 162 Å². The van der Waals surface area contributed by atoms with E-state index in [1.165, 1.54) is 28.8 Å². The number of carbonyl (C=O) groups is 1. The number of amides is 1. The topological polar surface area (TPSA) is 97.8 Å². The molecule has 0 aliphatic carbocycles. The predicted molar refractivity (Wildman–Crippen MR) is 102 cm³/mol. The lowest BCUT2D eigenvalue weighted by atomic mass is 10.1. The fraction of sp³-hybridized carbons (Fsp3) is 0.412. The van der Waals surface area contributed by atoms with E-state index in [0.717, 1.165) is 4.88 Å². The number of rotatable bonds is 6. The average Bonchev–Trinajstić information content (AvgIpc) is 3.07. The van der Waals surface area contributed by atoms with Gasteiger partial charge in [0.25, 0.3) is 0 Å². The molecule has 1 aliphatic rings. The van der Waals surface area contributed by atoms with Crippen LogP contribution in [0.5, 0.6) is 5.75 Å². The van der Waals surface area contributed by atoms with Crippen molar-refractivity contribution in [2.75, 3.05) is 38.7 Å². The Bertz CT molecular complexity index is 920. The van der Waals surface area contributed by atoms with Gasteiger partial charge in [-0.3, -0.25) is 4.79 Å². The molecule has 2 aromatic rings. The SMILES string of the molecule is COc1ccc(CC(=O)Nc2ncc(C)s2)cc1S(=O)(=O)N1CCOCC1. The van der Waals surface area contributed by atoms with E-state index >= 15 is 0 Å². The lowest BCUT2D eigenvalue weighted by molar-refractivity contribution is -0.115. The molecule has 0 spiro atoms. The first-order valence-electron chi connectivity index (χ1n) is 8.37. The molecule has 0 atom stereocenters. The molecule has 1 fully saturated rings. The van der Waals surface area contributed by atoms with Gasteiger partial charge in [-0.25, -0.2) is 13.4 Å². The number of sulfonamides is 1. The maximum Gasteiger partial charge on any atom is 0.246 e. The summed E-state index contributed by atoms with van der Waals surface area (Å²) in [6, 6.07) is 4.75. The second kappa shape index (κ2) is 8.34. The number of carbonyl (C=O) groups excluding carboxylic acids is 1. The summed E-state index contributed by atoms with van der Waals surface area (Å²) in [6.07, 6.45) is 1.72. The number of anilines is 1. The first-order valence-corrected chi connectivity index (χ1v) is 10.6.